The van der Waals surface area contributed by atoms with Gasteiger partial charge in [0, 0.05) is 12.6 Å². The second kappa shape index (κ2) is 6.53. The lowest BCUT2D eigenvalue weighted by atomic mass is 10.0. The highest BCUT2D eigenvalue weighted by Crippen LogP contribution is 2.21. The topological polar surface area (TPSA) is 43.8 Å². The van der Waals surface area contributed by atoms with E-state index in [9.17, 15) is 4.79 Å². The number of rotatable bonds is 3. The second-order valence-electron chi connectivity index (χ2n) is 5.76. The second-order valence-corrected chi connectivity index (χ2v) is 5.76. The van der Waals surface area contributed by atoms with E-state index < -0.39 is 5.97 Å². The molecule has 4 nitrogen and oxygen atoms in total. The van der Waals surface area contributed by atoms with Crippen molar-refractivity contribution in [2.75, 3.05) is 26.2 Å². The monoisotopic (exact) mass is 254 g/mol. The van der Waals surface area contributed by atoms with Gasteiger partial charge in [-0.1, -0.05) is 12.8 Å². The molecule has 2 atom stereocenters. The molecule has 2 aliphatic heterocycles. The average Bonchev–Trinajstić information content (AvgIpc) is 2.66. The predicted octanol–water partition coefficient (Wildman–Crippen LogP) is 1.80. The van der Waals surface area contributed by atoms with E-state index in [1.165, 1.54) is 45.2 Å². The molecule has 0 unspecified atom stereocenters. The van der Waals surface area contributed by atoms with Crippen LogP contribution in [0.25, 0.3) is 0 Å². The van der Waals surface area contributed by atoms with Gasteiger partial charge in [-0.25, -0.2) is 0 Å². The minimum atomic E-state index is -0.688. The number of piperidine rings is 1. The minimum Gasteiger partial charge on any atom is -0.480 e. The first kappa shape index (κ1) is 13.8. The number of hydrogen-bond acceptors (Lipinski definition) is 3. The third-order valence-corrected chi connectivity index (χ3v) is 4.49. The predicted molar refractivity (Wildman–Crippen MR) is 71.7 cm³/mol. The van der Waals surface area contributed by atoms with Gasteiger partial charge >= 0.3 is 5.97 Å². The molecule has 0 aromatic rings. The lowest BCUT2D eigenvalue weighted by Gasteiger charge is -2.40. The van der Waals surface area contributed by atoms with E-state index in [-0.39, 0.29) is 6.04 Å². The fourth-order valence-electron chi connectivity index (χ4n) is 3.25. The molecule has 0 bridgehead atoms. The maximum atomic E-state index is 11.1. The quantitative estimate of drug-likeness (QED) is 0.834. The van der Waals surface area contributed by atoms with Crippen molar-refractivity contribution in [3.05, 3.63) is 0 Å². The summed E-state index contributed by atoms with van der Waals surface area (Å²) in [6, 6.07) is 0.249. The number of carboxylic acids is 1. The molecule has 1 N–H and O–H groups in total. The van der Waals surface area contributed by atoms with Gasteiger partial charge in [0.15, 0.2) is 0 Å². The van der Waals surface area contributed by atoms with Gasteiger partial charge in [0.2, 0.25) is 0 Å². The fourth-order valence-corrected chi connectivity index (χ4v) is 3.25. The summed E-state index contributed by atoms with van der Waals surface area (Å²) in [5, 5.41) is 9.12. The largest absolute Gasteiger partial charge is 0.480 e. The summed E-state index contributed by atoms with van der Waals surface area (Å²) in [5.74, 6) is -0.688. The number of likely N-dealkylation sites (tertiary alicyclic amines) is 2. The molecule has 2 heterocycles. The van der Waals surface area contributed by atoms with E-state index >= 15 is 0 Å². The van der Waals surface area contributed by atoms with Crippen molar-refractivity contribution >= 4 is 5.97 Å². The van der Waals surface area contributed by atoms with E-state index in [4.69, 9.17) is 5.11 Å². The standard InChI is InChI=1S/C14H26N2O2/c1-12(14(17)18)16-10-6-7-13(11-16)15-8-4-2-3-5-9-15/h12-13H,2-11H2,1H3,(H,17,18)/t12-,13-/m0/s1. The average molecular weight is 254 g/mol. The van der Waals surface area contributed by atoms with Crippen LogP contribution in [0.4, 0.5) is 0 Å². The van der Waals surface area contributed by atoms with Crippen LogP contribution in [-0.4, -0.2) is 59.1 Å². The number of nitrogens with zero attached hydrogens (tertiary/aromatic N) is 2. The van der Waals surface area contributed by atoms with Crippen LogP contribution in [0.15, 0.2) is 0 Å². The van der Waals surface area contributed by atoms with Crippen LogP contribution in [0.2, 0.25) is 0 Å². The fraction of sp³-hybridized carbons (Fsp3) is 0.929. The number of carbonyl (C=O) groups is 1. The number of aliphatic carboxylic acids is 1. The maximum absolute atomic E-state index is 11.1. The lowest BCUT2D eigenvalue weighted by molar-refractivity contribution is -0.143. The van der Waals surface area contributed by atoms with E-state index in [0.717, 1.165) is 19.5 Å². The number of carboxylic acid groups (broad SMARTS) is 1. The zero-order valence-electron chi connectivity index (χ0n) is 11.5. The Morgan fingerprint density at radius 3 is 2.39 bits per heavy atom. The van der Waals surface area contributed by atoms with Crippen molar-refractivity contribution in [2.24, 2.45) is 0 Å². The van der Waals surface area contributed by atoms with Gasteiger partial charge in [0.05, 0.1) is 0 Å². The van der Waals surface area contributed by atoms with Gasteiger partial charge in [-0.15, -0.1) is 0 Å². The molecule has 0 aliphatic carbocycles. The van der Waals surface area contributed by atoms with Crippen LogP contribution in [-0.2, 0) is 4.79 Å². The Bertz CT molecular complexity index is 275. The van der Waals surface area contributed by atoms with Crippen molar-refractivity contribution in [2.45, 2.75) is 57.5 Å². The van der Waals surface area contributed by atoms with Crippen LogP contribution < -0.4 is 0 Å². The van der Waals surface area contributed by atoms with Crippen LogP contribution in [0, 0.1) is 0 Å². The van der Waals surface area contributed by atoms with E-state index in [1.54, 1.807) is 0 Å². The summed E-state index contributed by atoms with van der Waals surface area (Å²) in [6.45, 7) is 6.11. The SMILES string of the molecule is C[C@@H](C(=O)O)N1CCC[C@H](N2CCCCCC2)C1. The van der Waals surface area contributed by atoms with Crippen molar-refractivity contribution in [1.82, 2.24) is 9.80 Å². The highest BCUT2D eigenvalue weighted by atomic mass is 16.4. The van der Waals surface area contributed by atoms with E-state index in [2.05, 4.69) is 9.80 Å². The molecule has 2 fully saturated rings. The third-order valence-electron chi connectivity index (χ3n) is 4.49. The molecule has 0 radical (unpaired) electrons. The molecule has 0 aromatic heterocycles. The van der Waals surface area contributed by atoms with Crippen LogP contribution >= 0.6 is 0 Å². The summed E-state index contributed by atoms with van der Waals surface area (Å²) in [7, 11) is 0. The van der Waals surface area contributed by atoms with E-state index in [0.29, 0.717) is 6.04 Å². The summed E-state index contributed by atoms with van der Waals surface area (Å²) in [5.41, 5.74) is 0. The summed E-state index contributed by atoms with van der Waals surface area (Å²) in [4.78, 5) is 15.8. The Labute approximate surface area is 110 Å². The molecule has 2 aliphatic rings. The van der Waals surface area contributed by atoms with Crippen LogP contribution in [0.3, 0.4) is 0 Å². The van der Waals surface area contributed by atoms with Gasteiger partial charge in [-0.2, -0.15) is 0 Å². The summed E-state index contributed by atoms with van der Waals surface area (Å²) in [6.07, 6.45) is 7.72. The first-order valence-corrected chi connectivity index (χ1v) is 7.39. The molecule has 2 rings (SSSR count). The molecule has 0 amide bonds. The molecule has 0 saturated carbocycles. The van der Waals surface area contributed by atoms with Crippen molar-refractivity contribution in [3.63, 3.8) is 0 Å². The minimum absolute atomic E-state index is 0.334. The normalized spacial score (nSPS) is 29.7. The zero-order valence-corrected chi connectivity index (χ0v) is 11.5. The Balaban J connectivity index is 1.90. The first-order chi connectivity index (χ1) is 8.68. The van der Waals surface area contributed by atoms with Gasteiger partial charge in [0.25, 0.3) is 0 Å². The molecule has 18 heavy (non-hydrogen) atoms. The molecule has 4 heteroatoms. The Morgan fingerprint density at radius 2 is 1.78 bits per heavy atom. The maximum Gasteiger partial charge on any atom is 0.320 e. The Morgan fingerprint density at radius 1 is 1.11 bits per heavy atom. The molecule has 0 spiro atoms. The van der Waals surface area contributed by atoms with Crippen molar-refractivity contribution in [3.8, 4) is 0 Å². The number of hydrogen-bond donors (Lipinski definition) is 1. The molecule has 104 valence electrons. The van der Waals surface area contributed by atoms with Gasteiger partial charge < -0.3 is 5.11 Å². The Hall–Kier alpha value is -0.610. The molecule has 0 aromatic carbocycles. The first-order valence-electron chi connectivity index (χ1n) is 7.39. The molecular formula is C14H26N2O2. The third kappa shape index (κ3) is 3.45. The van der Waals surface area contributed by atoms with Crippen LogP contribution in [0.5, 0.6) is 0 Å². The lowest BCUT2D eigenvalue weighted by Crippen LogP contribution is -2.52. The van der Waals surface area contributed by atoms with Crippen molar-refractivity contribution in [1.29, 1.82) is 0 Å². The van der Waals surface area contributed by atoms with Gasteiger partial charge in [-0.3, -0.25) is 14.6 Å². The van der Waals surface area contributed by atoms with Crippen molar-refractivity contribution < 1.29 is 9.90 Å². The smallest absolute Gasteiger partial charge is 0.320 e. The van der Waals surface area contributed by atoms with Crippen LogP contribution in [0.1, 0.15) is 45.4 Å². The highest BCUT2D eigenvalue weighted by Gasteiger charge is 2.30. The van der Waals surface area contributed by atoms with Gasteiger partial charge in [-0.05, 0) is 52.2 Å². The zero-order chi connectivity index (χ0) is 13.0. The van der Waals surface area contributed by atoms with Gasteiger partial charge in [0.1, 0.15) is 6.04 Å². The molecular weight excluding hydrogens is 228 g/mol. The summed E-state index contributed by atoms with van der Waals surface area (Å²) < 4.78 is 0. The Kier molecular flexibility index (Phi) is 5.01. The van der Waals surface area contributed by atoms with E-state index in [1.807, 2.05) is 6.92 Å². The molecule has 2 saturated heterocycles. The summed E-state index contributed by atoms with van der Waals surface area (Å²) >= 11 is 0. The highest BCUT2D eigenvalue weighted by molar-refractivity contribution is 5.72.